The number of hydrogen-bond donors (Lipinski definition) is 2. The van der Waals surface area contributed by atoms with Crippen molar-refractivity contribution >= 4 is 40.0 Å². The predicted molar refractivity (Wildman–Crippen MR) is 151 cm³/mol. The number of methoxy groups -OCH3 is 1. The first-order chi connectivity index (χ1) is 18.2. The van der Waals surface area contributed by atoms with Crippen LogP contribution in [0.25, 0.3) is 11.1 Å². The van der Waals surface area contributed by atoms with Gasteiger partial charge in [0, 0.05) is 23.4 Å². The summed E-state index contributed by atoms with van der Waals surface area (Å²) in [5, 5.41) is 6.18. The molecule has 1 heterocycles. The van der Waals surface area contributed by atoms with Crippen molar-refractivity contribution in [3.05, 3.63) is 53.1 Å². The van der Waals surface area contributed by atoms with Crippen molar-refractivity contribution in [2.45, 2.75) is 76.9 Å². The van der Waals surface area contributed by atoms with Crippen molar-refractivity contribution in [2.75, 3.05) is 24.7 Å². The Kier molecular flexibility index (Phi) is 11.0. The van der Waals surface area contributed by atoms with Crippen molar-refractivity contribution in [1.29, 1.82) is 0 Å². The predicted octanol–water partition coefficient (Wildman–Crippen LogP) is 6.74. The largest absolute Gasteiger partial charge is 0.608 e. The van der Waals surface area contributed by atoms with E-state index in [4.69, 9.17) is 9.15 Å². The number of carbonyl (C=O) groups excluding carboxylic acids is 2. The molecule has 0 aliphatic heterocycles. The number of nitrogens with zero attached hydrogens (tertiary/aromatic N) is 1. The molecule has 1 aromatic heterocycles. The third kappa shape index (κ3) is 7.74. The van der Waals surface area contributed by atoms with Gasteiger partial charge in [-0.05, 0) is 54.4 Å². The highest BCUT2D eigenvalue weighted by atomic mass is 32.2. The van der Waals surface area contributed by atoms with Gasteiger partial charge in [0.05, 0.1) is 7.11 Å². The van der Waals surface area contributed by atoms with E-state index in [2.05, 4.69) is 61.5 Å². The summed E-state index contributed by atoms with van der Waals surface area (Å²) in [5.41, 5.74) is 4.26. The minimum absolute atomic E-state index is 0.131. The summed E-state index contributed by atoms with van der Waals surface area (Å²) < 4.78 is 23.1. The monoisotopic (exact) mass is 541 g/mol. The number of oxazole rings is 1. The molecule has 206 valence electrons. The number of amides is 2. The first kappa shape index (κ1) is 29.5. The molecule has 38 heavy (non-hydrogen) atoms. The average molecular weight is 542 g/mol. The summed E-state index contributed by atoms with van der Waals surface area (Å²) in [6.07, 6.45) is 4.52. The lowest BCUT2D eigenvalue weighted by Crippen LogP contribution is -2.30. The Morgan fingerprint density at radius 1 is 0.974 bits per heavy atom. The van der Waals surface area contributed by atoms with Gasteiger partial charge in [0.2, 0.25) is 0 Å². The standard InChI is InChI=1S/C29H39N3O5S/c1-19(2)21-13-11-14-22(20(3)4)25(21)32-28(34)30-17-9-7-6-8-10-18-38(35)29-31-24-16-12-15-23(26(24)37-29)27(33)36-5/h11-16,19-20H,6-10,17-18H2,1-5H3,(H2,30,32,34). The number of rotatable bonds is 13. The van der Waals surface area contributed by atoms with E-state index in [0.29, 0.717) is 35.2 Å². The Hall–Kier alpha value is -3.04. The summed E-state index contributed by atoms with van der Waals surface area (Å²) in [5.74, 6) is 0.558. The van der Waals surface area contributed by atoms with Gasteiger partial charge >= 0.3 is 17.2 Å². The van der Waals surface area contributed by atoms with Crippen LogP contribution in [-0.2, 0) is 15.9 Å². The minimum Gasteiger partial charge on any atom is -0.608 e. The average Bonchev–Trinajstić information content (AvgIpc) is 3.34. The number of para-hydroxylation sites is 2. The number of carbonyl (C=O) groups is 2. The van der Waals surface area contributed by atoms with Crippen LogP contribution in [0.2, 0.25) is 0 Å². The molecule has 9 heteroatoms. The van der Waals surface area contributed by atoms with Crippen molar-refractivity contribution < 1.29 is 23.3 Å². The summed E-state index contributed by atoms with van der Waals surface area (Å²) in [6.45, 7) is 9.13. The zero-order valence-corrected chi connectivity index (χ0v) is 23.8. The molecule has 0 aliphatic rings. The van der Waals surface area contributed by atoms with Crippen LogP contribution < -0.4 is 10.6 Å². The maximum atomic E-state index is 12.6. The van der Waals surface area contributed by atoms with Crippen LogP contribution in [0.5, 0.6) is 0 Å². The van der Waals surface area contributed by atoms with Crippen LogP contribution >= 0.6 is 0 Å². The van der Waals surface area contributed by atoms with E-state index in [1.54, 1.807) is 18.2 Å². The van der Waals surface area contributed by atoms with Crippen LogP contribution in [0, 0.1) is 0 Å². The summed E-state index contributed by atoms with van der Waals surface area (Å²) in [6, 6.07) is 11.0. The van der Waals surface area contributed by atoms with E-state index in [1.807, 2.05) is 0 Å². The fourth-order valence-corrected chi connectivity index (χ4v) is 5.34. The topological polar surface area (TPSA) is 117 Å². The molecule has 0 bridgehead atoms. The summed E-state index contributed by atoms with van der Waals surface area (Å²) >= 11 is -1.38. The Morgan fingerprint density at radius 2 is 1.61 bits per heavy atom. The van der Waals surface area contributed by atoms with Crippen molar-refractivity contribution in [2.24, 2.45) is 0 Å². The fraction of sp³-hybridized carbons (Fsp3) is 0.483. The summed E-state index contributed by atoms with van der Waals surface area (Å²) in [4.78, 5) is 28.7. The molecule has 0 spiro atoms. The minimum atomic E-state index is -1.38. The smallest absolute Gasteiger partial charge is 0.416 e. The van der Waals surface area contributed by atoms with Crippen LogP contribution in [0.3, 0.4) is 0 Å². The van der Waals surface area contributed by atoms with Gasteiger partial charge in [0.15, 0.2) is 5.58 Å². The zero-order chi connectivity index (χ0) is 27.7. The molecule has 0 radical (unpaired) electrons. The molecule has 2 amide bonds. The Morgan fingerprint density at radius 3 is 2.26 bits per heavy atom. The Bertz CT molecular complexity index is 1200. The number of anilines is 1. The van der Waals surface area contributed by atoms with E-state index in [9.17, 15) is 14.1 Å². The number of esters is 1. The second kappa shape index (κ2) is 14.2. The Labute approximate surface area is 228 Å². The lowest BCUT2D eigenvalue weighted by molar-refractivity contribution is 0.0601. The number of hydrogen-bond acceptors (Lipinski definition) is 6. The van der Waals surface area contributed by atoms with Gasteiger partial charge < -0.3 is 24.3 Å². The molecule has 8 nitrogen and oxygen atoms in total. The number of ether oxygens (including phenoxy) is 1. The van der Waals surface area contributed by atoms with Gasteiger partial charge in [-0.1, -0.05) is 64.8 Å². The van der Waals surface area contributed by atoms with Crippen LogP contribution in [0.1, 0.15) is 93.1 Å². The molecule has 3 rings (SSSR count). The third-order valence-corrected chi connectivity index (χ3v) is 7.62. The van der Waals surface area contributed by atoms with Gasteiger partial charge in [-0.3, -0.25) is 0 Å². The van der Waals surface area contributed by atoms with Gasteiger partial charge in [0.1, 0.15) is 16.8 Å². The van der Waals surface area contributed by atoms with Crippen LogP contribution in [0.4, 0.5) is 10.5 Å². The molecular weight excluding hydrogens is 502 g/mol. The molecule has 0 saturated heterocycles. The Balaban J connectivity index is 1.36. The number of fused-ring (bicyclic) bond motifs is 1. The van der Waals surface area contributed by atoms with Gasteiger partial charge in [-0.15, -0.1) is 0 Å². The highest BCUT2D eigenvalue weighted by Gasteiger charge is 2.23. The molecule has 1 atom stereocenters. The molecule has 2 aromatic carbocycles. The van der Waals surface area contributed by atoms with Gasteiger partial charge in [0.25, 0.3) is 0 Å². The van der Waals surface area contributed by atoms with Crippen molar-refractivity contribution in [3.63, 3.8) is 0 Å². The molecule has 3 aromatic rings. The molecule has 0 saturated carbocycles. The van der Waals surface area contributed by atoms with E-state index in [0.717, 1.165) is 48.9 Å². The van der Waals surface area contributed by atoms with Gasteiger partial charge in [-0.2, -0.15) is 4.98 Å². The lowest BCUT2D eigenvalue weighted by atomic mass is 9.93. The maximum Gasteiger partial charge on any atom is 0.416 e. The molecule has 1 unspecified atom stereocenters. The molecule has 0 aliphatic carbocycles. The quantitative estimate of drug-likeness (QED) is 0.141. The second-order valence-corrected chi connectivity index (χ2v) is 11.4. The van der Waals surface area contributed by atoms with E-state index >= 15 is 0 Å². The number of nitrogens with one attached hydrogen (secondary N) is 2. The van der Waals surface area contributed by atoms with Gasteiger partial charge in [-0.25, -0.2) is 9.59 Å². The highest BCUT2D eigenvalue weighted by Crippen LogP contribution is 2.32. The lowest BCUT2D eigenvalue weighted by Gasteiger charge is -2.20. The fourth-order valence-electron chi connectivity index (χ4n) is 4.33. The molecular formula is C29H39N3O5S. The van der Waals surface area contributed by atoms with Crippen LogP contribution in [0.15, 0.2) is 46.0 Å². The van der Waals surface area contributed by atoms with E-state index in [1.165, 1.54) is 7.11 Å². The van der Waals surface area contributed by atoms with E-state index in [-0.39, 0.29) is 16.8 Å². The number of urea groups is 1. The van der Waals surface area contributed by atoms with Crippen LogP contribution in [-0.4, -0.2) is 40.9 Å². The zero-order valence-electron chi connectivity index (χ0n) is 23.0. The number of aromatic nitrogens is 1. The van der Waals surface area contributed by atoms with E-state index < -0.39 is 17.1 Å². The molecule has 2 N–H and O–H groups in total. The summed E-state index contributed by atoms with van der Waals surface area (Å²) in [7, 11) is 1.30. The number of benzene rings is 2. The van der Waals surface area contributed by atoms with Crippen molar-refractivity contribution in [1.82, 2.24) is 10.3 Å². The second-order valence-electron chi connectivity index (χ2n) is 9.94. The highest BCUT2D eigenvalue weighted by molar-refractivity contribution is 7.91. The third-order valence-electron chi connectivity index (χ3n) is 6.40. The first-order valence-electron chi connectivity index (χ1n) is 13.3. The normalized spacial score (nSPS) is 12.2. The molecule has 0 fully saturated rings. The van der Waals surface area contributed by atoms with Crippen molar-refractivity contribution in [3.8, 4) is 0 Å². The SMILES string of the molecule is COC(=O)c1cccc2nc([S+]([O-])CCCCCCCNC(=O)Nc3c(C(C)C)cccc3C(C)C)oc12. The maximum absolute atomic E-state index is 12.6. The first-order valence-corrected chi connectivity index (χ1v) is 14.6. The number of unbranched alkanes of at least 4 members (excludes halogenated alkanes) is 4.